The van der Waals surface area contributed by atoms with E-state index in [2.05, 4.69) is 11.6 Å². The molecule has 1 aliphatic carbocycles. The molecule has 0 radical (unpaired) electrons. The van der Waals surface area contributed by atoms with Crippen molar-refractivity contribution in [1.29, 1.82) is 0 Å². The van der Waals surface area contributed by atoms with Gasteiger partial charge in [-0.2, -0.15) is 11.8 Å². The van der Waals surface area contributed by atoms with Crippen LogP contribution in [0.15, 0.2) is 0 Å². The molecule has 0 aromatic carbocycles. The van der Waals surface area contributed by atoms with E-state index in [9.17, 15) is 9.59 Å². The van der Waals surface area contributed by atoms with Crippen molar-refractivity contribution in [3.05, 3.63) is 0 Å². The van der Waals surface area contributed by atoms with Crippen LogP contribution in [0, 0.1) is 5.92 Å². The van der Waals surface area contributed by atoms with Crippen molar-refractivity contribution in [3.63, 3.8) is 0 Å². The number of nitrogens with zero attached hydrogens (tertiary/aromatic N) is 1. The van der Waals surface area contributed by atoms with E-state index < -0.39 is 0 Å². The molecular weight excluding hydrogens is 224 g/mol. The molecule has 2 amide bonds. The summed E-state index contributed by atoms with van der Waals surface area (Å²) in [5, 5.41) is 2.69. The van der Waals surface area contributed by atoms with E-state index in [1.165, 1.54) is 0 Å². The molecular formula is C11H18N2O2S. The van der Waals surface area contributed by atoms with Crippen molar-refractivity contribution in [1.82, 2.24) is 10.2 Å². The Labute approximate surface area is 100 Å². The van der Waals surface area contributed by atoms with Gasteiger partial charge in [0.05, 0.1) is 6.54 Å². The maximum absolute atomic E-state index is 11.8. The standard InChI is InChI=1S/C11H18N2O2S/c1-16-6-2-5-13-9(14)7-12-11(15)10(13)8-3-4-8/h8,10H,2-7H2,1H3,(H,12,15). The first-order chi connectivity index (χ1) is 7.74. The van der Waals surface area contributed by atoms with Gasteiger partial charge in [-0.1, -0.05) is 0 Å². The van der Waals surface area contributed by atoms with Crippen molar-refractivity contribution in [2.75, 3.05) is 25.1 Å². The van der Waals surface area contributed by atoms with Crippen molar-refractivity contribution in [2.45, 2.75) is 25.3 Å². The van der Waals surface area contributed by atoms with E-state index in [1.54, 1.807) is 16.7 Å². The molecule has 2 fully saturated rings. The average molecular weight is 242 g/mol. The maximum atomic E-state index is 11.8. The van der Waals surface area contributed by atoms with Gasteiger partial charge in [0.15, 0.2) is 0 Å². The molecule has 0 aromatic heterocycles. The SMILES string of the molecule is CSCCCN1C(=O)CNC(=O)C1C1CC1. The van der Waals surface area contributed by atoms with E-state index in [4.69, 9.17) is 0 Å². The zero-order valence-electron chi connectivity index (χ0n) is 9.57. The van der Waals surface area contributed by atoms with Crippen LogP contribution in [0.1, 0.15) is 19.3 Å². The Morgan fingerprint density at radius 2 is 2.19 bits per heavy atom. The second kappa shape index (κ2) is 5.08. The molecule has 90 valence electrons. The van der Waals surface area contributed by atoms with Crippen LogP contribution in [0.5, 0.6) is 0 Å². The number of nitrogens with one attached hydrogen (secondary N) is 1. The van der Waals surface area contributed by atoms with Gasteiger partial charge in [-0.15, -0.1) is 0 Å². The highest BCUT2D eigenvalue weighted by Crippen LogP contribution is 2.36. The van der Waals surface area contributed by atoms with Gasteiger partial charge in [0.2, 0.25) is 11.8 Å². The van der Waals surface area contributed by atoms with Gasteiger partial charge in [-0.25, -0.2) is 0 Å². The molecule has 0 spiro atoms. The van der Waals surface area contributed by atoms with Crippen LogP contribution in [-0.2, 0) is 9.59 Å². The maximum Gasteiger partial charge on any atom is 0.243 e. The fraction of sp³-hybridized carbons (Fsp3) is 0.818. The summed E-state index contributed by atoms with van der Waals surface area (Å²) in [7, 11) is 0. The minimum atomic E-state index is -0.178. The normalized spacial score (nSPS) is 25.8. The summed E-state index contributed by atoms with van der Waals surface area (Å²) in [4.78, 5) is 25.3. The quantitative estimate of drug-likeness (QED) is 0.713. The molecule has 4 nitrogen and oxygen atoms in total. The van der Waals surface area contributed by atoms with E-state index in [0.29, 0.717) is 5.92 Å². The summed E-state index contributed by atoms with van der Waals surface area (Å²) in [5.41, 5.74) is 0. The van der Waals surface area contributed by atoms with E-state index >= 15 is 0 Å². The van der Waals surface area contributed by atoms with Crippen LogP contribution in [0.3, 0.4) is 0 Å². The highest BCUT2D eigenvalue weighted by Gasteiger charge is 2.44. The first-order valence-corrected chi connectivity index (χ1v) is 7.19. The van der Waals surface area contributed by atoms with Gasteiger partial charge in [0, 0.05) is 6.54 Å². The van der Waals surface area contributed by atoms with Gasteiger partial charge in [-0.05, 0) is 37.2 Å². The Morgan fingerprint density at radius 3 is 2.81 bits per heavy atom. The number of carbonyl (C=O) groups is 2. The summed E-state index contributed by atoms with van der Waals surface area (Å²) in [6.07, 6.45) is 5.21. The Hall–Kier alpha value is -0.710. The molecule has 16 heavy (non-hydrogen) atoms. The lowest BCUT2D eigenvalue weighted by atomic mass is 10.1. The summed E-state index contributed by atoms with van der Waals surface area (Å²) < 4.78 is 0. The van der Waals surface area contributed by atoms with E-state index in [-0.39, 0.29) is 24.4 Å². The van der Waals surface area contributed by atoms with Crippen LogP contribution in [0.4, 0.5) is 0 Å². The number of amides is 2. The molecule has 0 aromatic rings. The highest BCUT2D eigenvalue weighted by molar-refractivity contribution is 7.98. The third kappa shape index (κ3) is 2.51. The lowest BCUT2D eigenvalue weighted by Crippen LogP contribution is -2.59. The predicted molar refractivity (Wildman–Crippen MR) is 64.2 cm³/mol. The summed E-state index contributed by atoms with van der Waals surface area (Å²) >= 11 is 1.78. The van der Waals surface area contributed by atoms with E-state index in [0.717, 1.165) is 31.6 Å². The summed E-state index contributed by atoms with van der Waals surface area (Å²) in [5.74, 6) is 1.59. The molecule has 2 rings (SSSR count). The minimum Gasteiger partial charge on any atom is -0.345 e. The fourth-order valence-electron chi connectivity index (χ4n) is 2.19. The van der Waals surface area contributed by atoms with Gasteiger partial charge in [-0.3, -0.25) is 9.59 Å². The van der Waals surface area contributed by atoms with Crippen molar-refractivity contribution in [2.24, 2.45) is 5.92 Å². The first kappa shape index (κ1) is 11.8. The van der Waals surface area contributed by atoms with Gasteiger partial charge < -0.3 is 10.2 Å². The number of rotatable bonds is 5. The van der Waals surface area contributed by atoms with Crippen LogP contribution in [-0.4, -0.2) is 47.9 Å². The van der Waals surface area contributed by atoms with Gasteiger partial charge in [0.25, 0.3) is 0 Å². The highest BCUT2D eigenvalue weighted by atomic mass is 32.2. The Balaban J connectivity index is 1.97. The van der Waals surface area contributed by atoms with Crippen molar-refractivity contribution in [3.8, 4) is 0 Å². The smallest absolute Gasteiger partial charge is 0.243 e. The molecule has 5 heteroatoms. The Kier molecular flexibility index (Phi) is 3.74. The topological polar surface area (TPSA) is 49.4 Å². The van der Waals surface area contributed by atoms with Crippen LogP contribution in [0.25, 0.3) is 0 Å². The van der Waals surface area contributed by atoms with Crippen LogP contribution >= 0.6 is 11.8 Å². The third-order valence-electron chi connectivity index (χ3n) is 3.15. The first-order valence-electron chi connectivity index (χ1n) is 5.80. The number of hydrogen-bond acceptors (Lipinski definition) is 3. The molecule has 0 bridgehead atoms. The molecule has 1 heterocycles. The lowest BCUT2D eigenvalue weighted by molar-refractivity contribution is -0.146. The van der Waals surface area contributed by atoms with Crippen LogP contribution < -0.4 is 5.32 Å². The number of piperazine rings is 1. The molecule has 1 atom stereocenters. The molecule has 1 saturated heterocycles. The molecule has 1 unspecified atom stereocenters. The zero-order chi connectivity index (χ0) is 11.5. The molecule has 1 aliphatic heterocycles. The molecule has 1 N–H and O–H groups in total. The van der Waals surface area contributed by atoms with E-state index in [1.807, 2.05) is 0 Å². The monoisotopic (exact) mass is 242 g/mol. The predicted octanol–water partition coefficient (Wildman–Crippen LogP) is 0.476. The molecule has 1 saturated carbocycles. The van der Waals surface area contributed by atoms with Gasteiger partial charge in [0.1, 0.15) is 6.04 Å². The second-order valence-corrected chi connectivity index (χ2v) is 5.42. The number of carbonyl (C=O) groups excluding carboxylic acids is 2. The minimum absolute atomic E-state index is 0.0475. The fourth-order valence-corrected chi connectivity index (χ4v) is 2.61. The summed E-state index contributed by atoms with van der Waals surface area (Å²) in [6.45, 7) is 0.912. The largest absolute Gasteiger partial charge is 0.345 e. The number of hydrogen-bond donors (Lipinski definition) is 1. The Morgan fingerprint density at radius 1 is 1.44 bits per heavy atom. The van der Waals surface area contributed by atoms with Crippen molar-refractivity contribution < 1.29 is 9.59 Å². The average Bonchev–Trinajstić information content (AvgIpc) is 3.07. The zero-order valence-corrected chi connectivity index (χ0v) is 10.4. The van der Waals surface area contributed by atoms with Crippen molar-refractivity contribution >= 4 is 23.6 Å². The lowest BCUT2D eigenvalue weighted by Gasteiger charge is -2.35. The third-order valence-corrected chi connectivity index (χ3v) is 3.85. The second-order valence-electron chi connectivity index (χ2n) is 4.43. The van der Waals surface area contributed by atoms with Gasteiger partial charge >= 0.3 is 0 Å². The van der Waals surface area contributed by atoms with Crippen LogP contribution in [0.2, 0.25) is 0 Å². The summed E-state index contributed by atoms with van der Waals surface area (Å²) in [6, 6.07) is -0.178. The number of thioether (sulfide) groups is 1. The Bertz CT molecular complexity index is 292. The molecule has 2 aliphatic rings.